The monoisotopic (exact) mass is 593 g/mol. The lowest BCUT2D eigenvalue weighted by Crippen LogP contribution is -2.58. The van der Waals surface area contributed by atoms with Gasteiger partial charge < -0.3 is 42.6 Å². The second-order valence-corrected chi connectivity index (χ2v) is 10.3. The SMILES string of the molecule is NCCCCC(NC(=O)C(N)Cc1ccccc1)C(=O)NC(Cc1ccc(O)cc1)C(=O)NC(Cc1cnc[nH]1)C(=O)O. The second-order valence-electron chi connectivity index (χ2n) is 10.3. The minimum Gasteiger partial charge on any atom is -0.508 e. The minimum atomic E-state index is -1.30. The summed E-state index contributed by atoms with van der Waals surface area (Å²) in [6.07, 6.45) is 4.44. The molecule has 0 aliphatic rings. The number of carboxylic acids is 1. The number of H-pyrrole nitrogens is 1. The average Bonchev–Trinajstić information content (AvgIpc) is 3.50. The zero-order valence-electron chi connectivity index (χ0n) is 23.7. The van der Waals surface area contributed by atoms with E-state index < -0.39 is 47.9 Å². The fraction of sp³-hybridized carbons (Fsp3) is 0.367. The zero-order valence-corrected chi connectivity index (χ0v) is 23.7. The first-order valence-corrected chi connectivity index (χ1v) is 14.0. The van der Waals surface area contributed by atoms with Gasteiger partial charge in [-0.1, -0.05) is 42.5 Å². The van der Waals surface area contributed by atoms with Crippen molar-refractivity contribution < 1.29 is 29.4 Å². The topological polar surface area (TPSA) is 226 Å². The lowest BCUT2D eigenvalue weighted by atomic mass is 10.0. The van der Waals surface area contributed by atoms with E-state index in [0.29, 0.717) is 30.6 Å². The van der Waals surface area contributed by atoms with Crippen molar-refractivity contribution in [1.29, 1.82) is 0 Å². The summed E-state index contributed by atoms with van der Waals surface area (Å²) >= 11 is 0. The highest BCUT2D eigenvalue weighted by atomic mass is 16.4. The number of aromatic hydroxyl groups is 1. The molecule has 13 heteroatoms. The number of nitrogens with zero attached hydrogens (tertiary/aromatic N) is 1. The molecular formula is C30H39N7O6. The van der Waals surface area contributed by atoms with E-state index in [-0.39, 0.29) is 31.4 Å². The molecule has 3 aromatic rings. The minimum absolute atomic E-state index is 0.00869. The van der Waals surface area contributed by atoms with Gasteiger partial charge in [0.2, 0.25) is 17.7 Å². The first-order chi connectivity index (χ1) is 20.7. The summed E-state index contributed by atoms with van der Waals surface area (Å²) in [7, 11) is 0. The zero-order chi connectivity index (χ0) is 31.2. The predicted molar refractivity (Wildman–Crippen MR) is 159 cm³/mol. The van der Waals surface area contributed by atoms with Crippen molar-refractivity contribution in [3.63, 3.8) is 0 Å². The number of carbonyl (C=O) groups excluding carboxylic acids is 3. The van der Waals surface area contributed by atoms with Crippen molar-refractivity contribution in [3.8, 4) is 5.75 Å². The number of benzene rings is 2. The van der Waals surface area contributed by atoms with E-state index in [9.17, 15) is 29.4 Å². The molecular weight excluding hydrogens is 554 g/mol. The molecule has 0 saturated carbocycles. The van der Waals surface area contributed by atoms with Crippen molar-refractivity contribution in [2.75, 3.05) is 6.54 Å². The van der Waals surface area contributed by atoms with E-state index in [2.05, 4.69) is 25.9 Å². The van der Waals surface area contributed by atoms with Gasteiger partial charge in [0.1, 0.15) is 23.9 Å². The standard InChI is InChI=1S/C30H39N7O6/c31-13-5-4-8-24(35-27(39)23(32)14-19-6-2-1-3-7-19)28(40)36-25(15-20-9-11-22(38)12-10-20)29(41)37-26(30(42)43)16-21-17-33-18-34-21/h1-3,6-7,9-12,17-18,23-26,38H,4-5,8,13-16,31-32H2,(H,33,34)(H,35,39)(H,36,40)(H,37,41)(H,42,43). The third-order valence-corrected chi connectivity index (χ3v) is 6.82. The smallest absolute Gasteiger partial charge is 0.326 e. The molecule has 0 aliphatic heterocycles. The maximum atomic E-state index is 13.5. The number of phenolic OH excluding ortho intramolecular Hbond substituents is 1. The summed E-state index contributed by atoms with van der Waals surface area (Å²) in [5, 5.41) is 27.3. The molecule has 0 bridgehead atoms. The van der Waals surface area contributed by atoms with Gasteiger partial charge in [0.15, 0.2) is 0 Å². The Hall–Kier alpha value is -4.75. The Bertz CT molecular complexity index is 1320. The van der Waals surface area contributed by atoms with Crippen LogP contribution in [0.4, 0.5) is 0 Å². The van der Waals surface area contributed by atoms with Gasteiger partial charge in [0.25, 0.3) is 0 Å². The van der Waals surface area contributed by atoms with Gasteiger partial charge in [0, 0.05) is 24.7 Å². The van der Waals surface area contributed by atoms with Gasteiger partial charge in [-0.25, -0.2) is 9.78 Å². The molecule has 0 radical (unpaired) electrons. The van der Waals surface area contributed by atoms with Crippen LogP contribution in [0.25, 0.3) is 0 Å². The van der Waals surface area contributed by atoms with Crippen LogP contribution in [0, 0.1) is 0 Å². The van der Waals surface area contributed by atoms with E-state index in [1.807, 2.05) is 30.3 Å². The summed E-state index contributed by atoms with van der Waals surface area (Å²) in [5.74, 6) is -3.13. The van der Waals surface area contributed by atoms with Crippen LogP contribution in [0.3, 0.4) is 0 Å². The molecule has 10 N–H and O–H groups in total. The Morgan fingerprint density at radius 2 is 1.42 bits per heavy atom. The van der Waals surface area contributed by atoms with Crippen LogP contribution in [0.15, 0.2) is 67.1 Å². The van der Waals surface area contributed by atoms with Crippen LogP contribution in [-0.2, 0) is 38.4 Å². The van der Waals surface area contributed by atoms with Crippen LogP contribution in [-0.4, -0.2) is 74.6 Å². The van der Waals surface area contributed by atoms with Crippen LogP contribution in [0.5, 0.6) is 5.75 Å². The number of hydrogen-bond donors (Lipinski definition) is 8. The van der Waals surface area contributed by atoms with Gasteiger partial charge in [0.05, 0.1) is 12.4 Å². The molecule has 3 amide bonds. The summed E-state index contributed by atoms with van der Waals surface area (Å²) in [6, 6.07) is 10.8. The van der Waals surface area contributed by atoms with Gasteiger partial charge in [-0.3, -0.25) is 14.4 Å². The van der Waals surface area contributed by atoms with Crippen molar-refractivity contribution in [1.82, 2.24) is 25.9 Å². The summed E-state index contributed by atoms with van der Waals surface area (Å²) in [6.45, 7) is 0.397. The number of amides is 3. The first kappa shape index (κ1) is 32.8. The summed E-state index contributed by atoms with van der Waals surface area (Å²) in [4.78, 5) is 58.6. The Morgan fingerprint density at radius 3 is 2.05 bits per heavy atom. The molecule has 4 unspecified atom stereocenters. The lowest BCUT2D eigenvalue weighted by Gasteiger charge is -2.25. The molecule has 43 heavy (non-hydrogen) atoms. The van der Waals surface area contributed by atoms with Crippen molar-refractivity contribution in [2.24, 2.45) is 11.5 Å². The van der Waals surface area contributed by atoms with E-state index in [1.165, 1.54) is 24.7 Å². The molecule has 0 saturated heterocycles. The van der Waals surface area contributed by atoms with Gasteiger partial charge in [-0.05, 0) is 55.5 Å². The van der Waals surface area contributed by atoms with Crippen LogP contribution >= 0.6 is 0 Å². The van der Waals surface area contributed by atoms with Crippen LogP contribution in [0.2, 0.25) is 0 Å². The number of carbonyl (C=O) groups is 4. The number of carboxylic acid groups (broad SMARTS) is 1. The van der Waals surface area contributed by atoms with Crippen LogP contribution in [0.1, 0.15) is 36.1 Å². The fourth-order valence-electron chi connectivity index (χ4n) is 4.44. The number of nitrogens with two attached hydrogens (primary N) is 2. The van der Waals surface area contributed by atoms with E-state index in [4.69, 9.17) is 11.5 Å². The van der Waals surface area contributed by atoms with Crippen molar-refractivity contribution >= 4 is 23.7 Å². The highest BCUT2D eigenvalue weighted by Crippen LogP contribution is 2.13. The number of hydrogen-bond acceptors (Lipinski definition) is 8. The number of unbranched alkanes of at least 4 members (excludes halogenated alkanes) is 1. The number of aromatic amines is 1. The van der Waals surface area contributed by atoms with Gasteiger partial charge in [-0.15, -0.1) is 0 Å². The highest BCUT2D eigenvalue weighted by molar-refractivity contribution is 5.94. The summed E-state index contributed by atoms with van der Waals surface area (Å²) < 4.78 is 0. The Balaban J connectivity index is 1.77. The van der Waals surface area contributed by atoms with Gasteiger partial charge >= 0.3 is 5.97 Å². The Morgan fingerprint density at radius 1 is 0.791 bits per heavy atom. The Kier molecular flexibility index (Phi) is 12.7. The molecule has 0 spiro atoms. The number of rotatable bonds is 17. The number of phenols is 1. The third kappa shape index (κ3) is 10.9. The van der Waals surface area contributed by atoms with Crippen LogP contribution < -0.4 is 27.4 Å². The molecule has 13 nitrogen and oxygen atoms in total. The van der Waals surface area contributed by atoms with E-state index in [0.717, 1.165) is 5.56 Å². The molecule has 1 aromatic heterocycles. The first-order valence-electron chi connectivity index (χ1n) is 14.0. The molecule has 230 valence electrons. The molecule has 1 heterocycles. The maximum absolute atomic E-state index is 13.5. The molecule has 2 aromatic carbocycles. The molecule has 3 rings (SSSR count). The summed E-state index contributed by atoms with van der Waals surface area (Å²) in [5.41, 5.74) is 13.7. The van der Waals surface area contributed by atoms with E-state index >= 15 is 0 Å². The Labute approximate surface area is 249 Å². The van der Waals surface area contributed by atoms with Crippen molar-refractivity contribution in [2.45, 2.75) is 62.7 Å². The second kappa shape index (κ2) is 16.6. The molecule has 4 atom stereocenters. The van der Waals surface area contributed by atoms with Gasteiger partial charge in [-0.2, -0.15) is 0 Å². The fourth-order valence-corrected chi connectivity index (χ4v) is 4.44. The average molecular weight is 594 g/mol. The maximum Gasteiger partial charge on any atom is 0.326 e. The normalized spacial score (nSPS) is 13.7. The predicted octanol–water partition coefficient (Wildman–Crippen LogP) is 0.139. The largest absolute Gasteiger partial charge is 0.508 e. The van der Waals surface area contributed by atoms with E-state index in [1.54, 1.807) is 12.1 Å². The lowest BCUT2D eigenvalue weighted by molar-refractivity contribution is -0.142. The van der Waals surface area contributed by atoms with Crippen molar-refractivity contribution in [3.05, 3.63) is 83.9 Å². The number of aromatic nitrogens is 2. The number of imidazole rings is 1. The molecule has 0 aliphatic carbocycles. The number of aliphatic carboxylic acids is 1. The third-order valence-electron chi connectivity index (χ3n) is 6.82. The number of nitrogens with one attached hydrogen (secondary N) is 4. The quantitative estimate of drug-likeness (QED) is 0.0995. The molecule has 0 fully saturated rings. The highest BCUT2D eigenvalue weighted by Gasteiger charge is 2.31.